The molecule has 5 rings (SSSR count). The van der Waals surface area contributed by atoms with E-state index in [-0.39, 0.29) is 12.2 Å². The first-order valence-electron chi connectivity index (χ1n) is 13.0. The van der Waals surface area contributed by atoms with Crippen molar-refractivity contribution in [2.24, 2.45) is 0 Å². The quantitative estimate of drug-likeness (QED) is 0.316. The first-order chi connectivity index (χ1) is 19.4. The van der Waals surface area contributed by atoms with Crippen LogP contribution < -0.4 is 14.9 Å². The Morgan fingerprint density at radius 1 is 0.878 bits per heavy atom. The van der Waals surface area contributed by atoms with Crippen molar-refractivity contribution in [1.82, 2.24) is 9.47 Å². The van der Waals surface area contributed by atoms with Gasteiger partial charge in [-0.1, -0.05) is 12.1 Å². The molecule has 1 fully saturated rings. The van der Waals surface area contributed by atoms with Crippen LogP contribution in [0, 0.1) is 0 Å². The average Bonchev–Trinajstić information content (AvgIpc) is 3.26. The maximum Gasteiger partial charge on any atom is 0.416 e. The van der Waals surface area contributed by atoms with Gasteiger partial charge in [0.05, 0.1) is 11.8 Å². The van der Waals surface area contributed by atoms with Gasteiger partial charge < -0.3 is 19.7 Å². The van der Waals surface area contributed by atoms with E-state index in [1.807, 2.05) is 24.3 Å². The third-order valence-electron chi connectivity index (χ3n) is 7.05. The zero-order chi connectivity index (χ0) is 29.4. The van der Waals surface area contributed by atoms with E-state index in [1.54, 1.807) is 28.8 Å². The van der Waals surface area contributed by atoms with Crippen molar-refractivity contribution in [2.45, 2.75) is 12.7 Å². The van der Waals surface area contributed by atoms with Crippen molar-refractivity contribution >= 4 is 43.9 Å². The topological polar surface area (TPSA) is 86.7 Å². The lowest BCUT2D eigenvalue weighted by atomic mass is 10.1. The van der Waals surface area contributed by atoms with Crippen LogP contribution in [-0.2, 0) is 22.7 Å². The molecule has 0 unspecified atom stereocenters. The van der Waals surface area contributed by atoms with Crippen LogP contribution in [0.15, 0.2) is 72.8 Å². The van der Waals surface area contributed by atoms with E-state index < -0.39 is 27.7 Å². The molecule has 2 heterocycles. The van der Waals surface area contributed by atoms with Crippen molar-refractivity contribution < 1.29 is 26.4 Å². The number of nitrogens with zero attached hydrogens (tertiary/aromatic N) is 3. The summed E-state index contributed by atoms with van der Waals surface area (Å²) in [6.45, 7) is 3.92. The second-order valence-corrected chi connectivity index (χ2v) is 12.0. The predicted molar refractivity (Wildman–Crippen MR) is 155 cm³/mol. The summed E-state index contributed by atoms with van der Waals surface area (Å²) in [4.78, 5) is 18.1. The van der Waals surface area contributed by atoms with E-state index in [2.05, 4.69) is 26.9 Å². The molecule has 2 N–H and O–H groups in total. The lowest BCUT2D eigenvalue weighted by Crippen LogP contribution is -2.44. The molecule has 8 nitrogen and oxygen atoms in total. The van der Waals surface area contributed by atoms with Crippen LogP contribution in [0.1, 0.15) is 21.6 Å². The SMILES string of the molecule is CN1CCN(c2ccc(NC(=O)c3cc4cc(NS(C)(=O)=O)ccc4n3Cc3ccc(C(F)(F)F)cc3)cc2)CC1. The van der Waals surface area contributed by atoms with E-state index in [1.165, 1.54) is 12.1 Å². The molecular weight excluding hydrogens is 555 g/mol. The average molecular weight is 586 g/mol. The van der Waals surface area contributed by atoms with E-state index in [4.69, 9.17) is 0 Å². The molecule has 1 amide bonds. The first kappa shape index (κ1) is 28.5. The van der Waals surface area contributed by atoms with E-state index in [9.17, 15) is 26.4 Å². The number of alkyl halides is 3. The first-order valence-corrected chi connectivity index (χ1v) is 14.9. The number of carbonyl (C=O) groups is 1. The van der Waals surface area contributed by atoms with Gasteiger partial charge in [0.2, 0.25) is 10.0 Å². The molecule has 1 aliphatic rings. The molecule has 0 bridgehead atoms. The monoisotopic (exact) mass is 585 g/mol. The number of nitrogens with one attached hydrogen (secondary N) is 2. The third kappa shape index (κ3) is 6.83. The van der Waals surface area contributed by atoms with Crippen LogP contribution in [0.4, 0.5) is 30.2 Å². The number of halogens is 3. The zero-order valence-corrected chi connectivity index (χ0v) is 23.4. The molecule has 0 radical (unpaired) electrons. The molecule has 1 saturated heterocycles. The number of anilines is 3. The van der Waals surface area contributed by atoms with Crippen molar-refractivity contribution in [3.8, 4) is 0 Å². The minimum atomic E-state index is -4.45. The highest BCUT2D eigenvalue weighted by Gasteiger charge is 2.30. The van der Waals surface area contributed by atoms with Crippen molar-refractivity contribution in [3.63, 3.8) is 0 Å². The van der Waals surface area contributed by atoms with Gasteiger partial charge in [-0.05, 0) is 73.3 Å². The Morgan fingerprint density at radius 2 is 1.51 bits per heavy atom. The van der Waals surface area contributed by atoms with Gasteiger partial charge in [-0.3, -0.25) is 9.52 Å². The third-order valence-corrected chi connectivity index (χ3v) is 7.66. The molecule has 0 aliphatic carbocycles. The predicted octanol–water partition coefficient (Wildman–Crippen LogP) is 5.08. The zero-order valence-electron chi connectivity index (χ0n) is 22.6. The summed E-state index contributed by atoms with van der Waals surface area (Å²) < 4.78 is 66.8. The molecule has 0 saturated carbocycles. The number of hydrogen-bond donors (Lipinski definition) is 2. The number of sulfonamides is 1. The smallest absolute Gasteiger partial charge is 0.369 e. The van der Waals surface area contributed by atoms with Gasteiger partial charge in [0.15, 0.2) is 0 Å². The molecule has 1 aromatic heterocycles. The Morgan fingerprint density at radius 3 is 2.12 bits per heavy atom. The summed E-state index contributed by atoms with van der Waals surface area (Å²) >= 11 is 0. The Hall–Kier alpha value is -4.03. The van der Waals surface area contributed by atoms with Crippen LogP contribution in [-0.4, -0.2) is 63.3 Å². The molecule has 0 spiro atoms. The van der Waals surface area contributed by atoms with Gasteiger partial charge in [0.1, 0.15) is 5.69 Å². The number of aromatic nitrogens is 1. The maximum absolute atomic E-state index is 13.5. The fourth-order valence-electron chi connectivity index (χ4n) is 4.90. The number of likely N-dealkylation sites (N-methyl/N-ethyl adjacent to an activating group) is 1. The second-order valence-electron chi connectivity index (χ2n) is 10.2. The summed E-state index contributed by atoms with van der Waals surface area (Å²) in [5.41, 5.74) is 2.71. The highest BCUT2D eigenvalue weighted by molar-refractivity contribution is 7.92. The van der Waals surface area contributed by atoms with Gasteiger partial charge >= 0.3 is 6.18 Å². The Kier molecular flexibility index (Phi) is 7.71. The highest BCUT2D eigenvalue weighted by atomic mass is 32.2. The maximum atomic E-state index is 13.5. The lowest BCUT2D eigenvalue weighted by Gasteiger charge is -2.34. The normalized spacial score (nSPS) is 14.8. The van der Waals surface area contributed by atoms with Gasteiger partial charge in [0, 0.05) is 60.7 Å². The van der Waals surface area contributed by atoms with Crippen LogP contribution >= 0.6 is 0 Å². The molecule has 216 valence electrons. The highest BCUT2D eigenvalue weighted by Crippen LogP contribution is 2.30. The van der Waals surface area contributed by atoms with Crippen molar-refractivity contribution in [1.29, 1.82) is 0 Å². The number of hydrogen-bond acceptors (Lipinski definition) is 5. The Labute approximate surface area is 236 Å². The summed E-state index contributed by atoms with van der Waals surface area (Å²) in [6.07, 6.45) is -3.41. The molecule has 41 heavy (non-hydrogen) atoms. The molecular formula is C29H30F3N5O3S. The lowest BCUT2D eigenvalue weighted by molar-refractivity contribution is -0.137. The van der Waals surface area contributed by atoms with Gasteiger partial charge in [-0.2, -0.15) is 13.2 Å². The number of amides is 1. The number of rotatable bonds is 7. The van der Waals surface area contributed by atoms with Gasteiger partial charge in [0.25, 0.3) is 5.91 Å². The largest absolute Gasteiger partial charge is 0.416 e. The van der Waals surface area contributed by atoms with E-state index in [0.717, 1.165) is 50.3 Å². The summed E-state index contributed by atoms with van der Waals surface area (Å²) in [5.74, 6) is -0.405. The van der Waals surface area contributed by atoms with Crippen molar-refractivity contribution in [2.75, 3.05) is 54.4 Å². The minimum absolute atomic E-state index is 0.131. The summed E-state index contributed by atoms with van der Waals surface area (Å²) in [6, 6.07) is 18.9. The van der Waals surface area contributed by atoms with E-state index in [0.29, 0.717) is 27.8 Å². The Bertz CT molecular complexity index is 1660. The van der Waals surface area contributed by atoms with Gasteiger partial charge in [-0.25, -0.2) is 8.42 Å². The number of benzene rings is 3. The standard InChI is InChI=1S/C29H30F3N5O3S/c1-35-13-15-36(16-14-35)25-10-7-23(8-11-25)33-28(38)27-18-21-17-24(34-41(2,39)40)9-12-26(21)37(27)19-20-3-5-22(6-4-20)29(30,31)32/h3-12,17-18,34H,13-16,19H2,1-2H3,(H,33,38). The van der Waals surface area contributed by atoms with Crippen LogP contribution in [0.5, 0.6) is 0 Å². The second kappa shape index (κ2) is 11.1. The van der Waals surface area contributed by atoms with Gasteiger partial charge in [-0.15, -0.1) is 0 Å². The molecule has 12 heteroatoms. The number of fused-ring (bicyclic) bond motifs is 1. The van der Waals surface area contributed by atoms with Crippen LogP contribution in [0.25, 0.3) is 10.9 Å². The fraction of sp³-hybridized carbons (Fsp3) is 0.276. The van der Waals surface area contributed by atoms with Crippen molar-refractivity contribution in [3.05, 3.63) is 89.6 Å². The molecule has 4 aromatic rings. The van der Waals surface area contributed by atoms with Crippen LogP contribution in [0.3, 0.4) is 0 Å². The fourth-order valence-corrected chi connectivity index (χ4v) is 5.46. The molecule has 1 aliphatic heterocycles. The minimum Gasteiger partial charge on any atom is -0.369 e. The number of piperazine rings is 1. The molecule has 3 aromatic carbocycles. The number of carbonyl (C=O) groups excluding carboxylic acids is 1. The Balaban J connectivity index is 1.43. The molecule has 0 atom stereocenters. The van der Waals surface area contributed by atoms with Crippen LogP contribution in [0.2, 0.25) is 0 Å². The van der Waals surface area contributed by atoms with E-state index >= 15 is 0 Å². The summed E-state index contributed by atoms with van der Waals surface area (Å²) in [7, 11) is -1.43. The summed E-state index contributed by atoms with van der Waals surface area (Å²) in [5, 5.41) is 3.52.